The average molecular weight is 206 g/mol. The smallest absolute Gasteiger partial charge is 0.341 e. The van der Waals surface area contributed by atoms with Gasteiger partial charge in [0.05, 0.1) is 7.11 Å². The Bertz CT molecular complexity index is 401. The molecule has 15 heavy (non-hydrogen) atoms. The van der Waals surface area contributed by atoms with E-state index in [-0.39, 0.29) is 11.3 Å². The highest BCUT2D eigenvalue weighted by Gasteiger charge is 2.12. The molecular weight excluding hydrogens is 192 g/mol. The minimum absolute atomic E-state index is 0.0365. The zero-order valence-electron chi connectivity index (χ0n) is 9.07. The van der Waals surface area contributed by atoms with Gasteiger partial charge in [0.2, 0.25) is 0 Å². The fourth-order valence-electron chi connectivity index (χ4n) is 1.26. The number of hydrogen-bond acceptors (Lipinski definition) is 3. The molecule has 0 saturated carbocycles. The van der Waals surface area contributed by atoms with E-state index in [4.69, 9.17) is 0 Å². The lowest BCUT2D eigenvalue weighted by Gasteiger charge is -2.05. The van der Waals surface area contributed by atoms with Crippen LogP contribution in [0.4, 0.5) is 0 Å². The first-order valence-corrected chi connectivity index (χ1v) is 4.61. The van der Waals surface area contributed by atoms with Gasteiger partial charge in [0.1, 0.15) is 11.3 Å². The van der Waals surface area contributed by atoms with E-state index in [1.54, 1.807) is 12.1 Å². The average Bonchev–Trinajstić information content (AvgIpc) is 2.19. The maximum absolute atomic E-state index is 11.3. The molecule has 3 nitrogen and oxygen atoms in total. The van der Waals surface area contributed by atoms with Gasteiger partial charge < -0.3 is 9.84 Å². The molecule has 0 unspecified atom stereocenters. The monoisotopic (exact) mass is 206 g/mol. The minimum atomic E-state index is -0.531. The summed E-state index contributed by atoms with van der Waals surface area (Å²) in [7, 11) is 1.29. The van der Waals surface area contributed by atoms with Crippen molar-refractivity contribution in [3.05, 3.63) is 34.9 Å². The van der Waals surface area contributed by atoms with Crippen LogP contribution >= 0.6 is 0 Å². The Morgan fingerprint density at radius 3 is 2.60 bits per heavy atom. The number of ether oxygens (including phenoxy) is 1. The van der Waals surface area contributed by atoms with Gasteiger partial charge in [0, 0.05) is 5.56 Å². The second-order valence-corrected chi connectivity index (χ2v) is 3.46. The molecule has 0 saturated heterocycles. The third-order valence-electron chi connectivity index (χ3n) is 1.92. The van der Waals surface area contributed by atoms with Crippen LogP contribution < -0.4 is 0 Å². The normalized spacial score (nSPS) is 9.53. The molecule has 0 aliphatic heterocycles. The molecule has 0 aliphatic rings. The van der Waals surface area contributed by atoms with Crippen molar-refractivity contribution in [1.82, 2.24) is 0 Å². The summed E-state index contributed by atoms with van der Waals surface area (Å²) in [6, 6.07) is 4.99. The van der Waals surface area contributed by atoms with Crippen LogP contribution in [0, 0.1) is 0 Å². The number of phenolic OH excluding ortho intramolecular Hbond substituents is 1. The van der Waals surface area contributed by atoms with E-state index >= 15 is 0 Å². The standard InChI is InChI=1S/C12H14O3/c1-8(2)7-9-5-4-6-10(11(9)13)12(14)15-3/h4-7,13H,1-3H3. The summed E-state index contributed by atoms with van der Waals surface area (Å²) in [5, 5.41) is 9.79. The van der Waals surface area contributed by atoms with Crippen LogP contribution in [0.1, 0.15) is 29.8 Å². The molecule has 3 heteroatoms. The van der Waals surface area contributed by atoms with Crippen LogP contribution in [0.15, 0.2) is 23.8 Å². The number of rotatable bonds is 2. The van der Waals surface area contributed by atoms with Gasteiger partial charge >= 0.3 is 5.97 Å². The first-order chi connectivity index (χ1) is 7.06. The number of benzene rings is 1. The number of carbonyl (C=O) groups is 1. The number of aromatic hydroxyl groups is 1. The summed E-state index contributed by atoms with van der Waals surface area (Å²) >= 11 is 0. The van der Waals surface area contributed by atoms with E-state index in [0.717, 1.165) is 5.57 Å². The van der Waals surface area contributed by atoms with Gasteiger partial charge in [-0.2, -0.15) is 0 Å². The zero-order chi connectivity index (χ0) is 11.4. The third-order valence-corrected chi connectivity index (χ3v) is 1.92. The van der Waals surface area contributed by atoms with E-state index < -0.39 is 5.97 Å². The number of para-hydroxylation sites is 1. The fraction of sp³-hybridized carbons (Fsp3) is 0.250. The maximum Gasteiger partial charge on any atom is 0.341 e. The van der Waals surface area contributed by atoms with Gasteiger partial charge in [-0.15, -0.1) is 0 Å². The van der Waals surface area contributed by atoms with Gasteiger partial charge in [-0.25, -0.2) is 4.79 Å². The number of hydrogen-bond donors (Lipinski definition) is 1. The lowest BCUT2D eigenvalue weighted by molar-refractivity contribution is 0.0597. The van der Waals surface area contributed by atoms with Crippen molar-refractivity contribution < 1.29 is 14.6 Å². The second-order valence-electron chi connectivity index (χ2n) is 3.46. The van der Waals surface area contributed by atoms with Crippen molar-refractivity contribution in [2.24, 2.45) is 0 Å². The van der Waals surface area contributed by atoms with Gasteiger partial charge in [-0.3, -0.25) is 0 Å². The van der Waals surface area contributed by atoms with Crippen LogP contribution in [-0.4, -0.2) is 18.2 Å². The summed E-state index contributed by atoms with van der Waals surface area (Å²) in [4.78, 5) is 11.3. The number of phenols is 1. The van der Waals surface area contributed by atoms with Crippen molar-refractivity contribution in [2.75, 3.05) is 7.11 Å². The van der Waals surface area contributed by atoms with Gasteiger partial charge in [0.15, 0.2) is 0 Å². The zero-order valence-corrected chi connectivity index (χ0v) is 9.07. The van der Waals surface area contributed by atoms with Crippen LogP contribution in [0.25, 0.3) is 6.08 Å². The molecule has 0 atom stereocenters. The molecule has 80 valence electrons. The van der Waals surface area contributed by atoms with E-state index in [9.17, 15) is 9.90 Å². The van der Waals surface area contributed by atoms with E-state index in [1.165, 1.54) is 13.2 Å². The van der Waals surface area contributed by atoms with Crippen molar-refractivity contribution in [3.8, 4) is 5.75 Å². The number of carbonyl (C=O) groups excluding carboxylic acids is 1. The Labute approximate surface area is 89.0 Å². The Morgan fingerprint density at radius 2 is 2.07 bits per heavy atom. The largest absolute Gasteiger partial charge is 0.506 e. The molecule has 0 aliphatic carbocycles. The lowest BCUT2D eigenvalue weighted by atomic mass is 10.1. The predicted octanol–water partition coefficient (Wildman–Crippen LogP) is 2.60. The minimum Gasteiger partial charge on any atom is -0.506 e. The van der Waals surface area contributed by atoms with Crippen LogP contribution in [0.2, 0.25) is 0 Å². The molecule has 1 aromatic rings. The molecule has 0 fully saturated rings. The molecule has 1 N–H and O–H groups in total. The topological polar surface area (TPSA) is 46.5 Å². The molecule has 0 spiro atoms. The summed E-state index contributed by atoms with van der Waals surface area (Å²) in [6.45, 7) is 3.84. The van der Waals surface area contributed by atoms with Crippen LogP contribution in [0.3, 0.4) is 0 Å². The van der Waals surface area contributed by atoms with Crippen LogP contribution in [-0.2, 0) is 4.74 Å². The summed E-state index contributed by atoms with van der Waals surface area (Å²) in [5.74, 6) is -0.568. The van der Waals surface area contributed by atoms with E-state index in [0.29, 0.717) is 5.56 Å². The first-order valence-electron chi connectivity index (χ1n) is 4.61. The van der Waals surface area contributed by atoms with Crippen molar-refractivity contribution in [1.29, 1.82) is 0 Å². The predicted molar refractivity (Wildman–Crippen MR) is 58.8 cm³/mol. The van der Waals surface area contributed by atoms with Crippen molar-refractivity contribution in [2.45, 2.75) is 13.8 Å². The third kappa shape index (κ3) is 2.59. The van der Waals surface area contributed by atoms with E-state index in [1.807, 2.05) is 19.9 Å². The molecular formula is C12H14O3. The number of methoxy groups -OCH3 is 1. The molecule has 0 amide bonds. The maximum atomic E-state index is 11.3. The second kappa shape index (κ2) is 4.64. The highest BCUT2D eigenvalue weighted by atomic mass is 16.5. The van der Waals surface area contributed by atoms with Crippen molar-refractivity contribution in [3.63, 3.8) is 0 Å². The highest BCUT2D eigenvalue weighted by molar-refractivity contribution is 5.93. The Balaban J connectivity index is 3.23. The molecule has 1 rings (SSSR count). The molecule has 0 aromatic heterocycles. The summed E-state index contributed by atoms with van der Waals surface area (Å²) in [5.41, 5.74) is 1.86. The van der Waals surface area contributed by atoms with Crippen LogP contribution in [0.5, 0.6) is 5.75 Å². The van der Waals surface area contributed by atoms with Crippen molar-refractivity contribution >= 4 is 12.0 Å². The molecule has 0 radical (unpaired) electrons. The molecule has 0 heterocycles. The van der Waals surface area contributed by atoms with Gasteiger partial charge in [-0.05, 0) is 19.9 Å². The SMILES string of the molecule is COC(=O)c1cccc(C=C(C)C)c1O. The summed E-state index contributed by atoms with van der Waals surface area (Å²) < 4.78 is 4.56. The molecule has 1 aromatic carbocycles. The number of esters is 1. The summed E-state index contributed by atoms with van der Waals surface area (Å²) in [6.07, 6.45) is 1.81. The fourth-order valence-corrected chi connectivity index (χ4v) is 1.26. The van der Waals surface area contributed by atoms with Gasteiger partial charge in [0.25, 0.3) is 0 Å². The number of allylic oxidation sites excluding steroid dienone is 1. The Hall–Kier alpha value is -1.77. The van der Waals surface area contributed by atoms with Gasteiger partial charge in [-0.1, -0.05) is 23.8 Å². The van der Waals surface area contributed by atoms with E-state index in [2.05, 4.69) is 4.74 Å². The molecule has 0 bridgehead atoms. The lowest BCUT2D eigenvalue weighted by Crippen LogP contribution is -2.01. The Morgan fingerprint density at radius 1 is 1.40 bits per heavy atom. The first kappa shape index (κ1) is 11.3. The highest BCUT2D eigenvalue weighted by Crippen LogP contribution is 2.25. The Kier molecular flexibility index (Phi) is 3.50. The quantitative estimate of drug-likeness (QED) is 0.756.